The van der Waals surface area contributed by atoms with Crippen molar-refractivity contribution in [2.45, 2.75) is 0 Å². The number of hydrogen-bond donors (Lipinski definition) is 0. The first-order chi connectivity index (χ1) is 9.36. The first-order valence-corrected chi connectivity index (χ1v) is 6.11. The summed E-state index contributed by atoms with van der Waals surface area (Å²) in [5, 5.41) is 4.40. The van der Waals surface area contributed by atoms with Gasteiger partial charge in [-0.3, -0.25) is 0 Å². The van der Waals surface area contributed by atoms with E-state index in [9.17, 15) is 0 Å². The van der Waals surface area contributed by atoms with Gasteiger partial charge in [-0.25, -0.2) is 4.68 Å². The third-order valence-corrected chi connectivity index (χ3v) is 3.01. The molecule has 0 bridgehead atoms. The lowest BCUT2D eigenvalue weighted by molar-refractivity contribution is 0.414. The molecule has 3 nitrogen and oxygen atoms in total. The number of methoxy groups -OCH3 is 1. The molecular formula is C16H14N2O. The molecule has 0 amide bonds. The van der Waals surface area contributed by atoms with Crippen molar-refractivity contribution >= 4 is 0 Å². The number of rotatable bonds is 3. The summed E-state index contributed by atoms with van der Waals surface area (Å²) in [6.07, 6.45) is 3.89. The Bertz CT molecular complexity index is 674. The highest BCUT2D eigenvalue weighted by Gasteiger charge is 2.03. The van der Waals surface area contributed by atoms with E-state index in [1.54, 1.807) is 7.11 Å². The van der Waals surface area contributed by atoms with Crippen LogP contribution in [0.15, 0.2) is 67.0 Å². The average molecular weight is 250 g/mol. The zero-order valence-electron chi connectivity index (χ0n) is 10.7. The molecule has 0 saturated carbocycles. The van der Waals surface area contributed by atoms with Gasteiger partial charge in [0, 0.05) is 17.8 Å². The van der Waals surface area contributed by atoms with Crippen LogP contribution in [-0.4, -0.2) is 16.9 Å². The number of nitrogens with zero attached hydrogens (tertiary/aromatic N) is 2. The second-order valence-electron chi connectivity index (χ2n) is 4.24. The van der Waals surface area contributed by atoms with Crippen LogP contribution in [0.2, 0.25) is 0 Å². The summed E-state index contributed by atoms with van der Waals surface area (Å²) in [4.78, 5) is 0. The van der Waals surface area contributed by atoms with Gasteiger partial charge in [0.1, 0.15) is 5.75 Å². The predicted octanol–water partition coefficient (Wildman–Crippen LogP) is 3.55. The Hall–Kier alpha value is -2.55. The van der Waals surface area contributed by atoms with Crippen LogP contribution in [0.4, 0.5) is 0 Å². The molecule has 0 fully saturated rings. The minimum Gasteiger partial charge on any atom is -0.497 e. The highest BCUT2D eigenvalue weighted by Crippen LogP contribution is 2.21. The Morgan fingerprint density at radius 2 is 1.79 bits per heavy atom. The second-order valence-corrected chi connectivity index (χ2v) is 4.24. The van der Waals surface area contributed by atoms with Crippen LogP contribution in [0, 0.1) is 0 Å². The fourth-order valence-electron chi connectivity index (χ4n) is 2.00. The molecule has 3 heteroatoms. The van der Waals surface area contributed by atoms with E-state index >= 15 is 0 Å². The maximum Gasteiger partial charge on any atom is 0.121 e. The number of benzene rings is 2. The number of aromatic nitrogens is 2. The smallest absolute Gasteiger partial charge is 0.121 e. The van der Waals surface area contributed by atoms with E-state index in [1.807, 2.05) is 59.5 Å². The van der Waals surface area contributed by atoms with Gasteiger partial charge >= 0.3 is 0 Å². The number of hydrogen-bond acceptors (Lipinski definition) is 2. The van der Waals surface area contributed by atoms with Crippen LogP contribution in [0.3, 0.4) is 0 Å². The van der Waals surface area contributed by atoms with E-state index in [0.29, 0.717) is 0 Å². The Morgan fingerprint density at radius 1 is 0.947 bits per heavy atom. The van der Waals surface area contributed by atoms with Crippen LogP contribution in [0.1, 0.15) is 0 Å². The molecule has 0 unspecified atom stereocenters. The van der Waals surface area contributed by atoms with Crippen LogP contribution in [-0.2, 0) is 0 Å². The van der Waals surface area contributed by atoms with E-state index in [-0.39, 0.29) is 0 Å². The maximum atomic E-state index is 5.23. The first-order valence-electron chi connectivity index (χ1n) is 6.11. The van der Waals surface area contributed by atoms with Crippen LogP contribution >= 0.6 is 0 Å². The summed E-state index contributed by atoms with van der Waals surface area (Å²) in [5.74, 6) is 0.828. The van der Waals surface area contributed by atoms with Crippen molar-refractivity contribution in [2.75, 3.05) is 7.11 Å². The molecule has 0 saturated heterocycles. The van der Waals surface area contributed by atoms with Gasteiger partial charge in [0.25, 0.3) is 0 Å². The van der Waals surface area contributed by atoms with Gasteiger partial charge in [-0.05, 0) is 17.7 Å². The topological polar surface area (TPSA) is 27.1 Å². The SMILES string of the molecule is COc1cccc(-n2cc(-c3ccccc3)cn2)c1. The molecule has 1 heterocycles. The fraction of sp³-hybridized carbons (Fsp3) is 0.0625. The second kappa shape index (κ2) is 4.98. The van der Waals surface area contributed by atoms with Gasteiger partial charge in [-0.2, -0.15) is 5.10 Å². The summed E-state index contributed by atoms with van der Waals surface area (Å²) in [7, 11) is 1.66. The molecule has 0 N–H and O–H groups in total. The number of ether oxygens (including phenoxy) is 1. The lowest BCUT2D eigenvalue weighted by Crippen LogP contribution is -1.94. The predicted molar refractivity (Wildman–Crippen MR) is 75.6 cm³/mol. The molecule has 0 atom stereocenters. The summed E-state index contributed by atoms with van der Waals surface area (Å²) in [6.45, 7) is 0. The molecule has 0 spiro atoms. The van der Waals surface area contributed by atoms with Crippen molar-refractivity contribution in [1.82, 2.24) is 9.78 Å². The summed E-state index contributed by atoms with van der Waals surface area (Å²) in [5.41, 5.74) is 3.25. The van der Waals surface area contributed by atoms with Gasteiger partial charge in [0.05, 0.1) is 19.0 Å². The van der Waals surface area contributed by atoms with Crippen molar-refractivity contribution in [3.05, 3.63) is 67.0 Å². The summed E-state index contributed by atoms with van der Waals surface area (Å²) >= 11 is 0. The normalized spacial score (nSPS) is 10.4. The van der Waals surface area contributed by atoms with E-state index in [0.717, 1.165) is 22.6 Å². The molecular weight excluding hydrogens is 236 g/mol. The Morgan fingerprint density at radius 3 is 2.58 bits per heavy atom. The Kier molecular flexibility index (Phi) is 3.02. The van der Waals surface area contributed by atoms with E-state index in [1.165, 1.54) is 0 Å². The Labute approximate surface area is 112 Å². The van der Waals surface area contributed by atoms with Gasteiger partial charge < -0.3 is 4.74 Å². The molecule has 0 aliphatic rings. The van der Waals surface area contributed by atoms with Gasteiger partial charge in [-0.15, -0.1) is 0 Å². The van der Waals surface area contributed by atoms with Crippen LogP contribution in [0.5, 0.6) is 5.75 Å². The molecule has 94 valence electrons. The van der Waals surface area contributed by atoms with Crippen LogP contribution < -0.4 is 4.74 Å². The molecule has 0 aliphatic heterocycles. The highest BCUT2D eigenvalue weighted by atomic mass is 16.5. The highest BCUT2D eigenvalue weighted by molar-refractivity contribution is 5.62. The maximum absolute atomic E-state index is 5.23. The van der Waals surface area contributed by atoms with E-state index < -0.39 is 0 Å². The van der Waals surface area contributed by atoms with Crippen molar-refractivity contribution in [2.24, 2.45) is 0 Å². The van der Waals surface area contributed by atoms with Gasteiger partial charge in [-0.1, -0.05) is 36.4 Å². The van der Waals surface area contributed by atoms with Crippen LogP contribution in [0.25, 0.3) is 16.8 Å². The van der Waals surface area contributed by atoms with Crippen molar-refractivity contribution in [3.8, 4) is 22.6 Å². The zero-order valence-corrected chi connectivity index (χ0v) is 10.7. The molecule has 2 aromatic carbocycles. The zero-order chi connectivity index (χ0) is 13.1. The monoisotopic (exact) mass is 250 g/mol. The lowest BCUT2D eigenvalue weighted by atomic mass is 10.1. The standard InChI is InChI=1S/C16H14N2O/c1-19-16-9-5-8-15(10-16)18-12-14(11-17-18)13-6-3-2-4-7-13/h2-12H,1H3. The molecule has 3 aromatic rings. The van der Waals surface area contributed by atoms with E-state index in [4.69, 9.17) is 4.74 Å². The summed E-state index contributed by atoms with van der Waals surface area (Å²) < 4.78 is 7.08. The molecule has 1 aromatic heterocycles. The fourth-order valence-corrected chi connectivity index (χ4v) is 2.00. The molecule has 0 aliphatic carbocycles. The average Bonchev–Trinajstić information content (AvgIpc) is 2.98. The van der Waals surface area contributed by atoms with Crippen molar-refractivity contribution in [1.29, 1.82) is 0 Å². The van der Waals surface area contributed by atoms with Crippen molar-refractivity contribution in [3.63, 3.8) is 0 Å². The summed E-state index contributed by atoms with van der Waals surface area (Å²) in [6, 6.07) is 18.1. The lowest BCUT2D eigenvalue weighted by Gasteiger charge is -2.04. The quantitative estimate of drug-likeness (QED) is 0.710. The molecule has 0 radical (unpaired) electrons. The van der Waals surface area contributed by atoms with Gasteiger partial charge in [0.15, 0.2) is 0 Å². The first kappa shape index (κ1) is 11.5. The third kappa shape index (κ3) is 2.36. The largest absolute Gasteiger partial charge is 0.497 e. The minimum absolute atomic E-state index is 0.828. The van der Waals surface area contributed by atoms with E-state index in [2.05, 4.69) is 17.2 Å². The molecule has 3 rings (SSSR count). The van der Waals surface area contributed by atoms with Crippen molar-refractivity contribution < 1.29 is 4.74 Å². The minimum atomic E-state index is 0.828. The molecule has 19 heavy (non-hydrogen) atoms. The Balaban J connectivity index is 1.97. The third-order valence-electron chi connectivity index (χ3n) is 3.01. The van der Waals surface area contributed by atoms with Gasteiger partial charge in [0.2, 0.25) is 0 Å².